The van der Waals surface area contributed by atoms with Gasteiger partial charge in [0.25, 0.3) is 5.91 Å². The third-order valence-corrected chi connectivity index (χ3v) is 2.46. The maximum Gasteiger partial charge on any atom is 0.326 e. The van der Waals surface area contributed by atoms with Crippen molar-refractivity contribution in [3.8, 4) is 0 Å². The van der Waals surface area contributed by atoms with Gasteiger partial charge in [-0.2, -0.15) is 11.8 Å². The van der Waals surface area contributed by atoms with Crippen molar-refractivity contribution in [2.45, 2.75) is 17.3 Å². The SMILES string of the molecule is CSCC[C@@H](NC(=O)C(Cl)Cl)C(=O)O. The molecule has 0 radical (unpaired) electrons. The minimum Gasteiger partial charge on any atom is -0.480 e. The Bertz CT molecular complexity index is 213. The number of rotatable bonds is 6. The molecule has 0 spiro atoms. The number of alkyl halides is 2. The molecule has 0 fully saturated rings. The first-order valence-electron chi connectivity index (χ1n) is 3.79. The lowest BCUT2D eigenvalue weighted by atomic mass is 10.2. The van der Waals surface area contributed by atoms with Crippen LogP contribution < -0.4 is 5.32 Å². The van der Waals surface area contributed by atoms with E-state index < -0.39 is 22.8 Å². The maximum absolute atomic E-state index is 11.0. The first-order valence-corrected chi connectivity index (χ1v) is 6.06. The highest BCUT2D eigenvalue weighted by Gasteiger charge is 2.22. The van der Waals surface area contributed by atoms with Gasteiger partial charge in [0, 0.05) is 0 Å². The van der Waals surface area contributed by atoms with Gasteiger partial charge in [0.1, 0.15) is 6.04 Å². The smallest absolute Gasteiger partial charge is 0.326 e. The summed E-state index contributed by atoms with van der Waals surface area (Å²) in [5.41, 5.74) is 0. The summed E-state index contributed by atoms with van der Waals surface area (Å²) in [6.07, 6.45) is 2.20. The first-order chi connectivity index (χ1) is 6.49. The molecule has 0 aromatic heterocycles. The van der Waals surface area contributed by atoms with Gasteiger partial charge in [-0.15, -0.1) is 0 Å². The van der Waals surface area contributed by atoms with Crippen molar-refractivity contribution < 1.29 is 14.7 Å². The summed E-state index contributed by atoms with van der Waals surface area (Å²) in [4.78, 5) is 20.4. The number of hydrogen-bond acceptors (Lipinski definition) is 3. The van der Waals surface area contributed by atoms with E-state index in [1.165, 1.54) is 11.8 Å². The third kappa shape index (κ3) is 5.57. The van der Waals surface area contributed by atoms with Crippen molar-refractivity contribution >= 4 is 46.8 Å². The lowest BCUT2D eigenvalue weighted by molar-refractivity contribution is -0.141. The van der Waals surface area contributed by atoms with Gasteiger partial charge in [-0.3, -0.25) is 4.79 Å². The van der Waals surface area contributed by atoms with Crippen LogP contribution >= 0.6 is 35.0 Å². The molecule has 0 saturated heterocycles. The van der Waals surface area contributed by atoms with Gasteiger partial charge in [0.15, 0.2) is 4.84 Å². The van der Waals surface area contributed by atoms with Crippen molar-refractivity contribution in [3.63, 3.8) is 0 Å². The van der Waals surface area contributed by atoms with Crippen LogP contribution in [0.25, 0.3) is 0 Å². The summed E-state index contributed by atoms with van der Waals surface area (Å²) in [6.45, 7) is 0. The summed E-state index contributed by atoms with van der Waals surface area (Å²) < 4.78 is 0. The van der Waals surface area contributed by atoms with E-state index in [1.807, 2.05) is 6.26 Å². The highest BCUT2D eigenvalue weighted by molar-refractivity contribution is 7.98. The molecule has 0 aromatic carbocycles. The topological polar surface area (TPSA) is 66.4 Å². The van der Waals surface area contributed by atoms with Gasteiger partial charge in [0.2, 0.25) is 0 Å². The molecule has 0 unspecified atom stereocenters. The van der Waals surface area contributed by atoms with Crippen LogP contribution in [0, 0.1) is 0 Å². The molecule has 1 atom stereocenters. The molecule has 0 bridgehead atoms. The van der Waals surface area contributed by atoms with E-state index >= 15 is 0 Å². The molecule has 7 heteroatoms. The number of thioether (sulfide) groups is 1. The fraction of sp³-hybridized carbons (Fsp3) is 0.714. The highest BCUT2D eigenvalue weighted by atomic mass is 35.5. The number of halogens is 2. The number of nitrogens with one attached hydrogen (secondary N) is 1. The molecule has 0 aliphatic carbocycles. The van der Waals surface area contributed by atoms with Crippen LogP contribution in [0.15, 0.2) is 0 Å². The maximum atomic E-state index is 11.0. The molecule has 0 saturated carbocycles. The molecule has 0 aromatic rings. The lowest BCUT2D eigenvalue weighted by Gasteiger charge is -2.13. The standard InChI is InChI=1S/C7H11Cl2NO3S/c1-14-3-2-4(7(12)13)10-6(11)5(8)9/h4-5H,2-3H2,1H3,(H,10,11)(H,12,13)/t4-/m1/s1. The van der Waals surface area contributed by atoms with Crippen molar-refractivity contribution in [1.29, 1.82) is 0 Å². The zero-order valence-electron chi connectivity index (χ0n) is 7.50. The van der Waals surface area contributed by atoms with Gasteiger partial charge in [-0.25, -0.2) is 4.79 Å². The normalized spacial score (nSPS) is 12.6. The van der Waals surface area contributed by atoms with Gasteiger partial charge < -0.3 is 10.4 Å². The van der Waals surface area contributed by atoms with Gasteiger partial charge in [-0.05, 0) is 18.4 Å². The number of hydrogen-bond donors (Lipinski definition) is 2. The summed E-state index contributed by atoms with van der Waals surface area (Å²) in [5, 5.41) is 11.0. The molecule has 82 valence electrons. The van der Waals surface area contributed by atoms with Gasteiger partial charge in [-0.1, -0.05) is 23.2 Å². The Balaban J connectivity index is 4.09. The first kappa shape index (κ1) is 13.9. The summed E-state index contributed by atoms with van der Waals surface area (Å²) >= 11 is 12.0. The van der Waals surface area contributed by atoms with Crippen LogP contribution in [-0.2, 0) is 9.59 Å². The van der Waals surface area contributed by atoms with Crippen LogP contribution in [0.1, 0.15) is 6.42 Å². The van der Waals surface area contributed by atoms with E-state index in [0.717, 1.165) is 0 Å². The molecular formula is C7H11Cl2NO3S. The average Bonchev–Trinajstić information content (AvgIpc) is 2.10. The van der Waals surface area contributed by atoms with E-state index in [0.29, 0.717) is 12.2 Å². The van der Waals surface area contributed by atoms with Crippen LogP contribution in [0.2, 0.25) is 0 Å². The Hall–Kier alpha value is -0.130. The predicted molar refractivity (Wildman–Crippen MR) is 58.1 cm³/mol. The second kappa shape index (κ2) is 7.20. The Morgan fingerprint density at radius 1 is 1.50 bits per heavy atom. The monoisotopic (exact) mass is 259 g/mol. The number of carbonyl (C=O) groups is 2. The van der Waals surface area contributed by atoms with Crippen molar-refractivity contribution in [2.24, 2.45) is 0 Å². The van der Waals surface area contributed by atoms with E-state index in [4.69, 9.17) is 28.3 Å². The van der Waals surface area contributed by atoms with Crippen molar-refractivity contribution in [1.82, 2.24) is 5.32 Å². The van der Waals surface area contributed by atoms with Gasteiger partial charge >= 0.3 is 5.97 Å². The van der Waals surface area contributed by atoms with Crippen LogP contribution in [-0.4, -0.2) is 39.9 Å². The van der Waals surface area contributed by atoms with Crippen LogP contribution in [0.4, 0.5) is 0 Å². The molecule has 14 heavy (non-hydrogen) atoms. The lowest BCUT2D eigenvalue weighted by Crippen LogP contribution is -2.43. The minimum absolute atomic E-state index is 0.350. The molecule has 4 nitrogen and oxygen atoms in total. The summed E-state index contributed by atoms with van der Waals surface area (Å²) in [5.74, 6) is -1.12. The highest BCUT2D eigenvalue weighted by Crippen LogP contribution is 2.05. The van der Waals surface area contributed by atoms with Crippen molar-refractivity contribution in [2.75, 3.05) is 12.0 Å². The van der Waals surface area contributed by atoms with Crippen LogP contribution in [0.5, 0.6) is 0 Å². The molecule has 2 N–H and O–H groups in total. The minimum atomic E-state index is -1.23. The zero-order valence-corrected chi connectivity index (χ0v) is 9.83. The number of carbonyl (C=O) groups excluding carboxylic acids is 1. The Morgan fingerprint density at radius 2 is 2.07 bits per heavy atom. The summed E-state index contributed by atoms with van der Waals surface area (Å²) in [7, 11) is 0. The number of aliphatic carboxylic acids is 1. The van der Waals surface area contributed by atoms with E-state index in [9.17, 15) is 9.59 Å². The Morgan fingerprint density at radius 3 is 2.43 bits per heavy atom. The van der Waals surface area contributed by atoms with E-state index in [2.05, 4.69) is 5.32 Å². The number of carboxylic acids is 1. The molecule has 0 aliphatic rings. The third-order valence-electron chi connectivity index (χ3n) is 1.42. The Labute approximate surface area is 96.3 Å². The molecule has 1 amide bonds. The fourth-order valence-electron chi connectivity index (χ4n) is 0.728. The molecular weight excluding hydrogens is 249 g/mol. The molecule has 0 rings (SSSR count). The zero-order chi connectivity index (χ0) is 11.1. The number of carboxylic acid groups (broad SMARTS) is 1. The van der Waals surface area contributed by atoms with Gasteiger partial charge in [0.05, 0.1) is 0 Å². The molecule has 0 heterocycles. The largest absolute Gasteiger partial charge is 0.480 e. The van der Waals surface area contributed by atoms with Crippen molar-refractivity contribution in [3.05, 3.63) is 0 Å². The second-order valence-electron chi connectivity index (χ2n) is 2.48. The van der Waals surface area contributed by atoms with E-state index in [-0.39, 0.29) is 0 Å². The summed E-state index contributed by atoms with van der Waals surface area (Å²) in [6, 6.07) is -0.921. The second-order valence-corrected chi connectivity index (χ2v) is 4.56. The number of amides is 1. The quantitative estimate of drug-likeness (QED) is 0.702. The predicted octanol–water partition coefficient (Wildman–Crippen LogP) is 1.11. The fourth-order valence-corrected chi connectivity index (χ4v) is 1.33. The van der Waals surface area contributed by atoms with Crippen LogP contribution in [0.3, 0.4) is 0 Å². The molecule has 0 aliphatic heterocycles. The van der Waals surface area contributed by atoms with E-state index in [1.54, 1.807) is 0 Å². The average molecular weight is 260 g/mol. The Kier molecular flexibility index (Phi) is 7.13.